The minimum atomic E-state index is -2.62. The van der Waals surface area contributed by atoms with Crippen LogP contribution in [0.2, 0.25) is 6.04 Å². The summed E-state index contributed by atoms with van der Waals surface area (Å²) in [7, 11) is 1.95. The molecule has 0 aromatic rings. The van der Waals surface area contributed by atoms with Gasteiger partial charge in [-0.05, 0) is 13.0 Å². The number of esters is 1. The van der Waals surface area contributed by atoms with Gasteiger partial charge in [0.15, 0.2) is 0 Å². The van der Waals surface area contributed by atoms with E-state index >= 15 is 0 Å². The van der Waals surface area contributed by atoms with Gasteiger partial charge in [0.1, 0.15) is 0 Å². The van der Waals surface area contributed by atoms with Crippen molar-refractivity contribution < 1.29 is 22.8 Å². The Morgan fingerprint density at radius 2 is 1.75 bits per heavy atom. The van der Waals surface area contributed by atoms with Crippen molar-refractivity contribution in [3.63, 3.8) is 0 Å². The van der Waals surface area contributed by atoms with Crippen LogP contribution in [0.4, 0.5) is 0 Å². The maximum absolute atomic E-state index is 11.0. The van der Waals surface area contributed by atoms with Gasteiger partial charge in [-0.3, -0.25) is 0 Å². The summed E-state index contributed by atoms with van der Waals surface area (Å²) in [4.78, 5) is 11.0. The zero-order valence-electron chi connectivity index (χ0n) is 10.1. The van der Waals surface area contributed by atoms with E-state index in [0.29, 0.717) is 11.6 Å². The summed E-state index contributed by atoms with van der Waals surface area (Å²) in [6.45, 7) is 5.04. The Bertz CT molecular complexity index is 262. The van der Waals surface area contributed by atoms with Crippen molar-refractivity contribution in [1.29, 1.82) is 0 Å². The van der Waals surface area contributed by atoms with Gasteiger partial charge in [0, 0.05) is 32.9 Å². The van der Waals surface area contributed by atoms with Gasteiger partial charge < -0.3 is 18.0 Å². The zero-order valence-corrected chi connectivity index (χ0v) is 11.1. The summed E-state index contributed by atoms with van der Waals surface area (Å²) in [5, 5.41) is 0. The van der Waals surface area contributed by atoms with Gasteiger partial charge in [-0.2, -0.15) is 0 Å². The summed E-state index contributed by atoms with van der Waals surface area (Å²) in [5.74, 6) is -0.462. The number of hydrogen-bond donors (Lipinski definition) is 0. The Morgan fingerprint density at radius 1 is 1.25 bits per heavy atom. The van der Waals surface area contributed by atoms with Crippen molar-refractivity contribution in [2.24, 2.45) is 0 Å². The van der Waals surface area contributed by atoms with Crippen molar-refractivity contribution in [1.82, 2.24) is 0 Å². The SMILES string of the molecule is C=C(C)C(=O)OC=CC[Si](OC)(OC)OC. The van der Waals surface area contributed by atoms with Gasteiger partial charge in [0.25, 0.3) is 0 Å². The molecular formula is C10H18O5Si. The number of allylic oxidation sites excluding steroid dienone is 1. The van der Waals surface area contributed by atoms with E-state index in [4.69, 9.17) is 18.0 Å². The number of hydrogen-bond acceptors (Lipinski definition) is 5. The average molecular weight is 246 g/mol. The van der Waals surface area contributed by atoms with E-state index in [1.807, 2.05) is 0 Å². The molecule has 16 heavy (non-hydrogen) atoms. The first-order valence-electron chi connectivity index (χ1n) is 4.68. The summed E-state index contributed by atoms with van der Waals surface area (Å²) in [5.41, 5.74) is 0.346. The highest BCUT2D eigenvalue weighted by Gasteiger charge is 2.36. The highest BCUT2D eigenvalue weighted by Crippen LogP contribution is 2.12. The van der Waals surface area contributed by atoms with E-state index < -0.39 is 14.8 Å². The first-order chi connectivity index (χ1) is 7.51. The van der Waals surface area contributed by atoms with E-state index in [-0.39, 0.29) is 0 Å². The molecule has 5 nitrogen and oxygen atoms in total. The lowest BCUT2D eigenvalue weighted by Crippen LogP contribution is -2.42. The van der Waals surface area contributed by atoms with Gasteiger partial charge >= 0.3 is 14.8 Å². The summed E-state index contributed by atoms with van der Waals surface area (Å²) in [6.07, 6.45) is 2.92. The van der Waals surface area contributed by atoms with Gasteiger partial charge in [-0.15, -0.1) is 0 Å². The molecule has 0 aliphatic heterocycles. The molecule has 0 bridgehead atoms. The fourth-order valence-electron chi connectivity index (χ4n) is 0.903. The van der Waals surface area contributed by atoms with Crippen molar-refractivity contribution >= 4 is 14.8 Å². The first-order valence-corrected chi connectivity index (χ1v) is 6.61. The molecule has 0 aromatic heterocycles. The van der Waals surface area contributed by atoms with Gasteiger partial charge in [-0.1, -0.05) is 6.58 Å². The van der Waals surface area contributed by atoms with Crippen molar-refractivity contribution in [2.75, 3.05) is 21.3 Å². The maximum Gasteiger partial charge on any atom is 0.504 e. The standard InChI is InChI=1S/C10H18O5Si/c1-9(2)10(11)15-7-6-8-16(12-3,13-4)14-5/h6-7H,1,8H2,2-5H3. The van der Waals surface area contributed by atoms with Gasteiger partial charge in [0.2, 0.25) is 0 Å². The van der Waals surface area contributed by atoms with E-state index in [1.54, 1.807) is 13.0 Å². The second kappa shape index (κ2) is 7.34. The smallest absolute Gasteiger partial charge is 0.432 e. The monoisotopic (exact) mass is 246 g/mol. The number of rotatable bonds is 7. The third-order valence-corrected chi connectivity index (χ3v) is 4.52. The van der Waals surface area contributed by atoms with Crippen LogP contribution in [-0.2, 0) is 22.8 Å². The van der Waals surface area contributed by atoms with Gasteiger partial charge in [-0.25, -0.2) is 4.79 Å². The molecule has 0 heterocycles. The summed E-state index contributed by atoms with van der Waals surface area (Å²) < 4.78 is 20.3. The van der Waals surface area contributed by atoms with Crippen LogP contribution in [0.1, 0.15) is 6.92 Å². The lowest BCUT2D eigenvalue weighted by Gasteiger charge is -2.22. The average Bonchev–Trinajstić information content (AvgIpc) is 2.30. The van der Waals surface area contributed by atoms with E-state index in [2.05, 4.69) is 6.58 Å². The van der Waals surface area contributed by atoms with Crippen molar-refractivity contribution in [3.05, 3.63) is 24.5 Å². The third kappa shape index (κ3) is 4.71. The predicted molar refractivity (Wildman–Crippen MR) is 61.6 cm³/mol. The lowest BCUT2D eigenvalue weighted by atomic mass is 10.4. The molecule has 0 radical (unpaired) electrons. The molecule has 0 fully saturated rings. The maximum atomic E-state index is 11.0. The fourth-order valence-corrected chi connectivity index (χ4v) is 2.29. The Labute approximate surface area is 97.0 Å². The number of ether oxygens (including phenoxy) is 1. The van der Waals surface area contributed by atoms with Crippen LogP contribution < -0.4 is 0 Å². The lowest BCUT2D eigenvalue weighted by molar-refractivity contribution is -0.133. The molecule has 0 atom stereocenters. The van der Waals surface area contributed by atoms with Crippen LogP contribution in [-0.4, -0.2) is 36.1 Å². The zero-order chi connectivity index (χ0) is 12.6. The molecule has 0 saturated heterocycles. The molecule has 0 rings (SSSR count). The molecule has 0 aromatic carbocycles. The molecule has 0 saturated carbocycles. The van der Waals surface area contributed by atoms with Crippen LogP contribution in [0.15, 0.2) is 24.5 Å². The second-order valence-electron chi connectivity index (χ2n) is 3.06. The summed E-state index contributed by atoms with van der Waals surface area (Å²) in [6, 6.07) is 0.431. The molecule has 0 aliphatic carbocycles. The topological polar surface area (TPSA) is 54.0 Å². The second-order valence-corrected chi connectivity index (χ2v) is 6.06. The molecule has 0 aliphatic rings. The van der Waals surface area contributed by atoms with Crippen LogP contribution in [0.3, 0.4) is 0 Å². The molecular weight excluding hydrogens is 228 g/mol. The molecule has 92 valence electrons. The number of carbonyl (C=O) groups is 1. The van der Waals surface area contributed by atoms with Crippen LogP contribution in [0.25, 0.3) is 0 Å². The summed E-state index contributed by atoms with van der Waals surface area (Å²) >= 11 is 0. The predicted octanol–water partition coefficient (Wildman–Crippen LogP) is 1.50. The van der Waals surface area contributed by atoms with Crippen molar-refractivity contribution in [2.45, 2.75) is 13.0 Å². The Morgan fingerprint density at radius 3 is 2.12 bits per heavy atom. The van der Waals surface area contributed by atoms with E-state index in [1.165, 1.54) is 27.6 Å². The highest BCUT2D eigenvalue weighted by molar-refractivity contribution is 6.61. The first kappa shape index (κ1) is 15.0. The van der Waals surface area contributed by atoms with E-state index in [0.717, 1.165) is 0 Å². The Kier molecular flexibility index (Phi) is 6.90. The molecule has 0 unspecified atom stereocenters. The molecule has 0 N–H and O–H groups in total. The fraction of sp³-hybridized carbons (Fsp3) is 0.500. The quantitative estimate of drug-likeness (QED) is 0.295. The third-order valence-electron chi connectivity index (χ3n) is 1.92. The van der Waals surface area contributed by atoms with Crippen molar-refractivity contribution in [3.8, 4) is 0 Å². The number of carbonyl (C=O) groups excluding carboxylic acids is 1. The largest absolute Gasteiger partial charge is 0.504 e. The van der Waals surface area contributed by atoms with E-state index in [9.17, 15) is 4.79 Å². The normalized spacial score (nSPS) is 11.8. The highest BCUT2D eigenvalue weighted by atomic mass is 28.4. The minimum Gasteiger partial charge on any atom is -0.432 e. The van der Waals surface area contributed by atoms with Crippen LogP contribution >= 0.6 is 0 Å². The molecule has 0 amide bonds. The Balaban J connectivity index is 4.16. The molecule has 0 spiro atoms. The van der Waals surface area contributed by atoms with Crippen LogP contribution in [0, 0.1) is 0 Å². The minimum absolute atomic E-state index is 0.346. The molecule has 6 heteroatoms. The van der Waals surface area contributed by atoms with Crippen LogP contribution in [0.5, 0.6) is 0 Å². The van der Waals surface area contributed by atoms with Gasteiger partial charge in [0.05, 0.1) is 6.26 Å². The Hall–Kier alpha value is -0.953.